The molecule has 0 fully saturated rings. The highest BCUT2D eigenvalue weighted by molar-refractivity contribution is 5.96. The van der Waals surface area contributed by atoms with Crippen LogP contribution in [0.15, 0.2) is 65.6 Å². The number of ether oxygens (including phenoxy) is 1. The highest BCUT2D eigenvalue weighted by Gasteiger charge is 2.24. The van der Waals surface area contributed by atoms with Crippen LogP contribution in [0.5, 0.6) is 0 Å². The minimum atomic E-state index is -0.592. The van der Waals surface area contributed by atoms with Gasteiger partial charge < -0.3 is 10.5 Å². The van der Waals surface area contributed by atoms with Gasteiger partial charge in [0.1, 0.15) is 10.9 Å². The number of nitrogens with zero attached hydrogens (tertiary/aromatic N) is 3. The minimum Gasteiger partial charge on any atom is -0.465 e. The molecule has 0 aliphatic rings. The van der Waals surface area contributed by atoms with Gasteiger partial charge in [-0.3, -0.25) is 9.20 Å². The monoisotopic (exact) mass is 375 g/mol. The van der Waals surface area contributed by atoms with Gasteiger partial charge >= 0.3 is 5.97 Å². The Kier molecular flexibility index (Phi) is 4.49. The average Bonchev–Trinajstić information content (AvgIpc) is 2.73. The molecule has 2 N–H and O–H groups in total. The fourth-order valence-electron chi connectivity index (χ4n) is 3.29. The number of anilines is 1. The Morgan fingerprint density at radius 1 is 1.18 bits per heavy atom. The number of carbonyl (C=O) groups is 1. The Morgan fingerprint density at radius 2 is 1.93 bits per heavy atom. The number of hydrogen-bond acceptors (Lipinski definition) is 5. The van der Waals surface area contributed by atoms with Crippen molar-refractivity contribution >= 4 is 28.5 Å². The van der Waals surface area contributed by atoms with Gasteiger partial charge in [-0.1, -0.05) is 41.4 Å². The van der Waals surface area contributed by atoms with E-state index in [1.165, 1.54) is 17.6 Å². The van der Waals surface area contributed by atoms with Crippen molar-refractivity contribution in [2.24, 2.45) is 0 Å². The second-order valence-corrected chi connectivity index (χ2v) is 6.41. The number of pyridine rings is 2. The molecule has 7 nitrogen and oxygen atoms in total. The molecule has 0 saturated heterocycles. The molecule has 0 radical (unpaired) electrons. The summed E-state index contributed by atoms with van der Waals surface area (Å²) in [6, 6.07) is 16.7. The number of fused-ring (bicyclic) bond motifs is 2. The van der Waals surface area contributed by atoms with Gasteiger partial charge in [0.05, 0.1) is 13.7 Å². The molecule has 3 aromatic heterocycles. The fraction of sp³-hybridized carbons (Fsp3) is 0.143. The SMILES string of the molecule is COC(=O)c1cc2c(=O)n3ccccc3nc2[n+](CCc2ccccc2)c1N. The summed E-state index contributed by atoms with van der Waals surface area (Å²) in [5.74, 6) is -0.368. The first-order valence-corrected chi connectivity index (χ1v) is 8.86. The van der Waals surface area contributed by atoms with Crippen LogP contribution in [0.25, 0.3) is 16.7 Å². The summed E-state index contributed by atoms with van der Waals surface area (Å²) in [7, 11) is 1.28. The van der Waals surface area contributed by atoms with Crippen molar-refractivity contribution in [3.63, 3.8) is 0 Å². The van der Waals surface area contributed by atoms with E-state index in [9.17, 15) is 9.59 Å². The zero-order valence-corrected chi connectivity index (χ0v) is 15.3. The van der Waals surface area contributed by atoms with E-state index < -0.39 is 5.97 Å². The van der Waals surface area contributed by atoms with Gasteiger partial charge in [-0.15, -0.1) is 0 Å². The maximum absolute atomic E-state index is 13.0. The molecule has 1 aromatic carbocycles. The number of rotatable bonds is 4. The number of hydrogen-bond donors (Lipinski definition) is 1. The Hall–Kier alpha value is -3.74. The van der Waals surface area contributed by atoms with E-state index in [1.807, 2.05) is 36.4 Å². The van der Waals surface area contributed by atoms with E-state index >= 15 is 0 Å². The standard InChI is InChI=1S/C21H18N4O3/c1-28-21(27)15-13-16-19(23-17-9-5-6-11-24(17)20(16)26)25(18(15)22)12-10-14-7-3-2-4-8-14/h2-9,11,13,22H,10,12H2,1H3/p+1. The molecule has 4 rings (SSSR count). The normalized spacial score (nSPS) is 11.0. The summed E-state index contributed by atoms with van der Waals surface area (Å²) in [5, 5.41) is 0.311. The number of nitrogen functional groups attached to an aromatic ring is 1. The summed E-state index contributed by atoms with van der Waals surface area (Å²) in [6.45, 7) is 0.465. The zero-order valence-electron chi connectivity index (χ0n) is 15.3. The first-order chi connectivity index (χ1) is 13.6. The summed E-state index contributed by atoms with van der Waals surface area (Å²) in [4.78, 5) is 29.9. The van der Waals surface area contributed by atoms with Crippen molar-refractivity contribution in [1.29, 1.82) is 0 Å². The zero-order chi connectivity index (χ0) is 19.7. The number of methoxy groups -OCH3 is 1. The first-order valence-electron chi connectivity index (χ1n) is 8.86. The van der Waals surface area contributed by atoms with Gasteiger partial charge in [0, 0.05) is 12.6 Å². The van der Waals surface area contributed by atoms with Crippen molar-refractivity contribution in [1.82, 2.24) is 9.38 Å². The van der Waals surface area contributed by atoms with Gasteiger partial charge in [0.2, 0.25) is 11.5 Å². The van der Waals surface area contributed by atoms with E-state index in [1.54, 1.807) is 22.9 Å². The van der Waals surface area contributed by atoms with Crippen molar-refractivity contribution in [2.75, 3.05) is 12.8 Å². The van der Waals surface area contributed by atoms with E-state index in [0.29, 0.717) is 29.6 Å². The molecule has 7 heteroatoms. The molecule has 0 unspecified atom stereocenters. The third kappa shape index (κ3) is 2.96. The molecule has 28 heavy (non-hydrogen) atoms. The minimum absolute atomic E-state index is 0.151. The molecule has 0 aliphatic heterocycles. The van der Waals surface area contributed by atoms with Crippen LogP contribution in [-0.2, 0) is 17.7 Å². The summed E-state index contributed by atoms with van der Waals surface area (Å²) in [5.41, 5.74) is 8.25. The van der Waals surface area contributed by atoms with Gasteiger partial charge in [0.25, 0.3) is 11.2 Å². The second-order valence-electron chi connectivity index (χ2n) is 6.41. The Bertz CT molecular complexity index is 1250. The predicted octanol–water partition coefficient (Wildman–Crippen LogP) is 1.75. The molecule has 140 valence electrons. The second kappa shape index (κ2) is 7.11. The molecular formula is C21H19N4O3+. The van der Waals surface area contributed by atoms with Crippen LogP contribution < -0.4 is 15.9 Å². The Morgan fingerprint density at radius 3 is 2.68 bits per heavy atom. The highest BCUT2D eigenvalue weighted by Crippen LogP contribution is 2.16. The predicted molar refractivity (Wildman–Crippen MR) is 105 cm³/mol. The number of aromatic nitrogens is 3. The molecule has 0 spiro atoms. The lowest BCUT2D eigenvalue weighted by Crippen LogP contribution is -2.42. The van der Waals surface area contributed by atoms with Crippen LogP contribution >= 0.6 is 0 Å². The van der Waals surface area contributed by atoms with Gasteiger partial charge in [-0.25, -0.2) is 9.36 Å². The Labute approximate surface area is 160 Å². The third-order valence-corrected chi connectivity index (χ3v) is 4.73. The largest absolute Gasteiger partial charge is 0.465 e. The van der Waals surface area contributed by atoms with Crippen molar-refractivity contribution in [3.8, 4) is 0 Å². The van der Waals surface area contributed by atoms with Crippen molar-refractivity contribution in [2.45, 2.75) is 13.0 Å². The van der Waals surface area contributed by atoms with Gasteiger partial charge in [-0.2, -0.15) is 0 Å². The molecular weight excluding hydrogens is 356 g/mol. The number of nitrogens with two attached hydrogens (primary N) is 1. The molecule has 0 saturated carbocycles. The number of esters is 1. The molecule has 0 bridgehead atoms. The Balaban J connectivity index is 1.97. The average molecular weight is 375 g/mol. The smallest absolute Gasteiger partial charge is 0.344 e. The number of aryl methyl sites for hydroxylation is 2. The summed E-state index contributed by atoms with van der Waals surface area (Å²) in [6.07, 6.45) is 2.32. The van der Waals surface area contributed by atoms with Crippen LogP contribution in [0.4, 0.5) is 5.82 Å². The maximum Gasteiger partial charge on any atom is 0.344 e. The van der Waals surface area contributed by atoms with Crippen molar-refractivity contribution < 1.29 is 14.1 Å². The third-order valence-electron chi connectivity index (χ3n) is 4.73. The van der Waals surface area contributed by atoms with E-state index in [0.717, 1.165) is 5.56 Å². The van der Waals surface area contributed by atoms with E-state index in [4.69, 9.17) is 10.5 Å². The van der Waals surface area contributed by atoms with Gasteiger partial charge in [0.15, 0.2) is 0 Å². The van der Waals surface area contributed by atoms with Gasteiger partial charge in [-0.05, 0) is 23.8 Å². The van der Waals surface area contributed by atoms with Crippen LogP contribution in [-0.4, -0.2) is 22.5 Å². The lowest BCUT2D eigenvalue weighted by Gasteiger charge is -2.11. The van der Waals surface area contributed by atoms with Crippen LogP contribution in [0.3, 0.4) is 0 Å². The van der Waals surface area contributed by atoms with E-state index in [-0.39, 0.29) is 16.9 Å². The van der Waals surface area contributed by atoms with Crippen LogP contribution in [0, 0.1) is 0 Å². The lowest BCUT2D eigenvalue weighted by atomic mass is 10.1. The fourth-order valence-corrected chi connectivity index (χ4v) is 3.29. The van der Waals surface area contributed by atoms with Crippen LogP contribution in [0.1, 0.15) is 15.9 Å². The number of carbonyl (C=O) groups excluding carboxylic acids is 1. The highest BCUT2D eigenvalue weighted by atomic mass is 16.5. The van der Waals surface area contributed by atoms with E-state index in [2.05, 4.69) is 4.98 Å². The molecule has 0 atom stereocenters. The van der Waals surface area contributed by atoms with Crippen molar-refractivity contribution in [3.05, 3.63) is 82.3 Å². The quantitative estimate of drug-likeness (QED) is 0.333. The number of benzene rings is 1. The molecule has 4 aromatic rings. The molecule has 0 aliphatic carbocycles. The lowest BCUT2D eigenvalue weighted by molar-refractivity contribution is -0.658. The topological polar surface area (TPSA) is 90.6 Å². The maximum atomic E-state index is 13.0. The summed E-state index contributed by atoms with van der Waals surface area (Å²) < 4.78 is 8.01. The molecule has 0 amide bonds. The molecule has 3 heterocycles. The van der Waals surface area contributed by atoms with Crippen LogP contribution in [0.2, 0.25) is 0 Å². The summed E-state index contributed by atoms with van der Waals surface area (Å²) >= 11 is 0. The first kappa shape index (κ1) is 17.7.